The number of rotatable bonds is 2. The van der Waals surface area contributed by atoms with Crippen molar-refractivity contribution in [2.75, 3.05) is 13.1 Å². The maximum absolute atomic E-state index is 9.64. The van der Waals surface area contributed by atoms with Crippen molar-refractivity contribution in [1.82, 2.24) is 4.90 Å². The fourth-order valence-electron chi connectivity index (χ4n) is 2.03. The molecule has 4 nitrogen and oxygen atoms in total. The van der Waals surface area contributed by atoms with Crippen molar-refractivity contribution < 1.29 is 15.3 Å². The Kier molecular flexibility index (Phi) is 3.31. The van der Waals surface area contributed by atoms with Gasteiger partial charge < -0.3 is 15.3 Å². The van der Waals surface area contributed by atoms with E-state index in [4.69, 9.17) is 0 Å². The fourth-order valence-corrected chi connectivity index (χ4v) is 2.03. The van der Waals surface area contributed by atoms with Crippen molar-refractivity contribution in [3.05, 3.63) is 23.8 Å². The topological polar surface area (TPSA) is 63.9 Å². The van der Waals surface area contributed by atoms with Gasteiger partial charge in [0.25, 0.3) is 0 Å². The maximum atomic E-state index is 9.64. The molecule has 2 rings (SSSR count). The van der Waals surface area contributed by atoms with Crippen LogP contribution in [-0.2, 0) is 6.54 Å². The number of likely N-dealkylation sites (tertiary alicyclic amines) is 1. The van der Waals surface area contributed by atoms with Crippen LogP contribution in [-0.4, -0.2) is 39.4 Å². The molecule has 0 spiro atoms. The Bertz CT molecular complexity index is 339. The van der Waals surface area contributed by atoms with Crippen LogP contribution in [0.2, 0.25) is 0 Å². The van der Waals surface area contributed by atoms with Gasteiger partial charge in [-0.05, 0) is 25.0 Å². The predicted octanol–water partition coefficient (Wildman–Crippen LogP) is 1.05. The van der Waals surface area contributed by atoms with Crippen molar-refractivity contribution in [3.8, 4) is 11.5 Å². The van der Waals surface area contributed by atoms with E-state index in [2.05, 4.69) is 4.90 Å². The molecule has 0 unspecified atom stereocenters. The Morgan fingerprint density at radius 2 is 1.69 bits per heavy atom. The molecule has 0 saturated carbocycles. The highest BCUT2D eigenvalue weighted by Crippen LogP contribution is 2.28. The molecular formula is C12H17NO3. The Morgan fingerprint density at radius 3 is 2.25 bits per heavy atom. The van der Waals surface area contributed by atoms with Crippen molar-refractivity contribution in [2.24, 2.45) is 0 Å². The second-order valence-electron chi connectivity index (χ2n) is 4.28. The summed E-state index contributed by atoms with van der Waals surface area (Å²) in [5, 5.41) is 28.7. The number of piperidine rings is 1. The summed E-state index contributed by atoms with van der Waals surface area (Å²) in [6.45, 7) is 2.13. The van der Waals surface area contributed by atoms with Crippen LogP contribution in [0.5, 0.6) is 11.5 Å². The zero-order valence-electron chi connectivity index (χ0n) is 9.13. The Hall–Kier alpha value is -1.26. The molecule has 0 amide bonds. The lowest BCUT2D eigenvalue weighted by Crippen LogP contribution is -2.35. The minimum Gasteiger partial charge on any atom is -0.507 e. The van der Waals surface area contributed by atoms with Gasteiger partial charge in [0, 0.05) is 25.2 Å². The number of hydrogen-bond acceptors (Lipinski definition) is 4. The quantitative estimate of drug-likeness (QED) is 0.701. The van der Waals surface area contributed by atoms with E-state index in [-0.39, 0.29) is 17.6 Å². The van der Waals surface area contributed by atoms with Crippen molar-refractivity contribution in [2.45, 2.75) is 25.5 Å². The molecule has 16 heavy (non-hydrogen) atoms. The second-order valence-corrected chi connectivity index (χ2v) is 4.28. The van der Waals surface area contributed by atoms with E-state index in [0.29, 0.717) is 12.1 Å². The first-order chi connectivity index (χ1) is 7.66. The Balaban J connectivity index is 2.04. The summed E-state index contributed by atoms with van der Waals surface area (Å²) < 4.78 is 0. The average Bonchev–Trinajstić information content (AvgIpc) is 2.26. The third kappa shape index (κ3) is 2.46. The summed E-state index contributed by atoms with van der Waals surface area (Å²) >= 11 is 0. The lowest BCUT2D eigenvalue weighted by molar-refractivity contribution is 0.0786. The monoisotopic (exact) mass is 223 g/mol. The van der Waals surface area contributed by atoms with E-state index in [1.807, 2.05) is 0 Å². The number of phenolic OH excluding ortho intramolecular Hbond substituents is 2. The molecule has 1 heterocycles. The third-order valence-electron chi connectivity index (χ3n) is 3.07. The van der Waals surface area contributed by atoms with Crippen LogP contribution in [0.4, 0.5) is 0 Å². The molecule has 3 N–H and O–H groups in total. The van der Waals surface area contributed by atoms with E-state index in [1.54, 1.807) is 18.2 Å². The van der Waals surface area contributed by atoms with Crippen molar-refractivity contribution >= 4 is 0 Å². The summed E-state index contributed by atoms with van der Waals surface area (Å²) in [5.74, 6) is 0.261. The summed E-state index contributed by atoms with van der Waals surface area (Å²) in [6, 6.07) is 4.77. The molecule has 0 radical (unpaired) electrons. The standard InChI is InChI=1S/C12H17NO3/c14-9-4-6-13(7-5-9)8-10-11(15)2-1-3-12(10)16/h1-3,9,14-16H,4-8H2. The lowest BCUT2D eigenvalue weighted by atomic mass is 10.1. The SMILES string of the molecule is Oc1cccc(O)c1CN1CCC(O)CC1. The van der Waals surface area contributed by atoms with Crippen LogP contribution >= 0.6 is 0 Å². The molecule has 1 aromatic carbocycles. The van der Waals surface area contributed by atoms with Gasteiger partial charge in [-0.3, -0.25) is 4.90 Å². The summed E-state index contributed by atoms with van der Waals surface area (Å²) in [4.78, 5) is 2.13. The smallest absolute Gasteiger partial charge is 0.123 e. The van der Waals surface area contributed by atoms with Crippen LogP contribution in [0.25, 0.3) is 0 Å². The van der Waals surface area contributed by atoms with Gasteiger partial charge in [-0.25, -0.2) is 0 Å². The van der Waals surface area contributed by atoms with Gasteiger partial charge in [-0.2, -0.15) is 0 Å². The first-order valence-electron chi connectivity index (χ1n) is 5.57. The minimum absolute atomic E-state index is 0.131. The number of phenols is 2. The number of aliphatic hydroxyl groups is 1. The number of hydrogen-bond donors (Lipinski definition) is 3. The molecule has 0 bridgehead atoms. The molecule has 0 atom stereocenters. The highest BCUT2D eigenvalue weighted by atomic mass is 16.3. The van der Waals surface area contributed by atoms with Gasteiger partial charge in [0.15, 0.2) is 0 Å². The third-order valence-corrected chi connectivity index (χ3v) is 3.07. The Morgan fingerprint density at radius 1 is 1.12 bits per heavy atom. The summed E-state index contributed by atoms with van der Waals surface area (Å²) in [5.41, 5.74) is 0.568. The largest absolute Gasteiger partial charge is 0.507 e. The molecule has 1 saturated heterocycles. The predicted molar refractivity (Wildman–Crippen MR) is 60.3 cm³/mol. The normalized spacial score (nSPS) is 18.8. The van der Waals surface area contributed by atoms with Crippen LogP contribution in [0.1, 0.15) is 18.4 Å². The van der Waals surface area contributed by atoms with Gasteiger partial charge in [0.1, 0.15) is 11.5 Å². The van der Waals surface area contributed by atoms with Gasteiger partial charge in [0.2, 0.25) is 0 Å². The summed E-state index contributed by atoms with van der Waals surface area (Å²) in [6.07, 6.45) is 1.32. The van der Waals surface area contributed by atoms with E-state index in [1.165, 1.54) is 0 Å². The number of benzene rings is 1. The van der Waals surface area contributed by atoms with Gasteiger partial charge in [0.05, 0.1) is 6.10 Å². The molecule has 0 aliphatic carbocycles. The highest BCUT2D eigenvalue weighted by Gasteiger charge is 2.19. The second kappa shape index (κ2) is 4.72. The molecule has 1 aliphatic heterocycles. The number of aliphatic hydroxyl groups excluding tert-OH is 1. The highest BCUT2D eigenvalue weighted by molar-refractivity contribution is 5.42. The van der Waals surface area contributed by atoms with E-state index in [0.717, 1.165) is 25.9 Å². The van der Waals surface area contributed by atoms with Gasteiger partial charge >= 0.3 is 0 Å². The number of nitrogens with zero attached hydrogens (tertiary/aromatic N) is 1. The molecule has 0 aromatic heterocycles. The van der Waals surface area contributed by atoms with Crippen molar-refractivity contribution in [1.29, 1.82) is 0 Å². The zero-order valence-corrected chi connectivity index (χ0v) is 9.13. The molecule has 1 aromatic rings. The first kappa shape index (κ1) is 11.2. The van der Waals surface area contributed by atoms with E-state index < -0.39 is 0 Å². The lowest BCUT2D eigenvalue weighted by Gasteiger charge is -2.29. The van der Waals surface area contributed by atoms with Crippen molar-refractivity contribution in [3.63, 3.8) is 0 Å². The van der Waals surface area contributed by atoms with Crippen LogP contribution < -0.4 is 0 Å². The number of aromatic hydroxyl groups is 2. The van der Waals surface area contributed by atoms with Gasteiger partial charge in [-0.15, -0.1) is 0 Å². The fraction of sp³-hybridized carbons (Fsp3) is 0.500. The molecule has 88 valence electrons. The van der Waals surface area contributed by atoms with Gasteiger partial charge in [-0.1, -0.05) is 6.07 Å². The minimum atomic E-state index is -0.200. The average molecular weight is 223 g/mol. The molecular weight excluding hydrogens is 206 g/mol. The Labute approximate surface area is 94.8 Å². The zero-order chi connectivity index (χ0) is 11.5. The molecule has 1 aliphatic rings. The summed E-state index contributed by atoms with van der Waals surface area (Å²) in [7, 11) is 0. The molecule has 1 fully saturated rings. The van der Waals surface area contributed by atoms with Crippen LogP contribution in [0, 0.1) is 0 Å². The molecule has 4 heteroatoms. The van der Waals surface area contributed by atoms with E-state index >= 15 is 0 Å². The maximum Gasteiger partial charge on any atom is 0.123 e. The van der Waals surface area contributed by atoms with E-state index in [9.17, 15) is 15.3 Å². The van der Waals surface area contributed by atoms with Crippen LogP contribution in [0.3, 0.4) is 0 Å². The van der Waals surface area contributed by atoms with Crippen LogP contribution in [0.15, 0.2) is 18.2 Å². The first-order valence-corrected chi connectivity index (χ1v) is 5.57.